The Hall–Kier alpha value is -0.800. The van der Waals surface area contributed by atoms with E-state index in [0.29, 0.717) is 15.1 Å². The van der Waals surface area contributed by atoms with Crippen molar-refractivity contribution in [2.75, 3.05) is 0 Å². The Morgan fingerprint density at radius 3 is 2.92 bits per heavy atom. The van der Waals surface area contributed by atoms with E-state index in [9.17, 15) is 5.11 Å². The highest BCUT2D eigenvalue weighted by Gasteiger charge is 2.04. The van der Waals surface area contributed by atoms with Gasteiger partial charge < -0.3 is 5.11 Å². The molecule has 13 heavy (non-hydrogen) atoms. The topological polar surface area (TPSA) is 33.1 Å². The molecule has 1 aromatic heterocycles. The van der Waals surface area contributed by atoms with Gasteiger partial charge in [-0.05, 0) is 28.1 Å². The monoisotopic (exact) mass is 257 g/mol. The third kappa shape index (κ3) is 1.49. The van der Waals surface area contributed by atoms with Crippen molar-refractivity contribution in [1.82, 2.24) is 4.98 Å². The molecule has 0 bridgehead atoms. The number of fused-ring (bicyclic) bond motifs is 1. The zero-order valence-electron chi connectivity index (χ0n) is 6.46. The minimum Gasteiger partial charge on any atom is -0.506 e. The minimum atomic E-state index is 0.162. The van der Waals surface area contributed by atoms with E-state index in [2.05, 4.69) is 20.9 Å². The van der Waals surface area contributed by atoms with Gasteiger partial charge in [0.15, 0.2) is 0 Å². The lowest BCUT2D eigenvalue weighted by Crippen LogP contribution is -1.81. The van der Waals surface area contributed by atoms with Crippen LogP contribution in [0, 0.1) is 0 Å². The van der Waals surface area contributed by atoms with Crippen molar-refractivity contribution in [3.8, 4) is 5.75 Å². The number of hydrogen-bond acceptors (Lipinski definition) is 2. The van der Waals surface area contributed by atoms with Crippen LogP contribution in [0.1, 0.15) is 0 Å². The fourth-order valence-electron chi connectivity index (χ4n) is 1.13. The molecule has 0 spiro atoms. The number of aromatic nitrogens is 1. The zero-order valence-corrected chi connectivity index (χ0v) is 8.80. The fourth-order valence-corrected chi connectivity index (χ4v) is 1.59. The second-order valence-electron chi connectivity index (χ2n) is 2.61. The molecule has 0 atom stereocenters. The summed E-state index contributed by atoms with van der Waals surface area (Å²) in [5, 5.41) is 10.8. The number of pyridine rings is 1. The van der Waals surface area contributed by atoms with Gasteiger partial charge in [-0.3, -0.25) is 0 Å². The summed E-state index contributed by atoms with van der Waals surface area (Å²) in [5.74, 6) is 0.162. The Kier molecular flexibility index (Phi) is 2.14. The molecule has 2 aromatic rings. The molecule has 2 nitrogen and oxygen atoms in total. The second kappa shape index (κ2) is 3.16. The lowest BCUT2D eigenvalue weighted by atomic mass is 10.2. The van der Waals surface area contributed by atoms with Crippen LogP contribution in [-0.4, -0.2) is 10.1 Å². The number of phenols is 1. The lowest BCUT2D eigenvalue weighted by molar-refractivity contribution is 0.480. The number of para-hydroxylation sites is 1. The summed E-state index contributed by atoms with van der Waals surface area (Å²) in [6.45, 7) is 0. The molecule has 66 valence electrons. The highest BCUT2D eigenvalue weighted by atomic mass is 79.9. The van der Waals surface area contributed by atoms with Gasteiger partial charge >= 0.3 is 0 Å². The first-order valence-electron chi connectivity index (χ1n) is 3.62. The Labute approximate surface area is 88.3 Å². The molecule has 1 N–H and O–H groups in total. The van der Waals surface area contributed by atoms with Crippen LogP contribution in [0.5, 0.6) is 5.75 Å². The highest BCUT2D eigenvalue weighted by Crippen LogP contribution is 2.29. The predicted molar refractivity (Wildman–Crippen MR) is 56.1 cm³/mol. The van der Waals surface area contributed by atoms with E-state index in [1.165, 1.54) is 0 Å². The third-order valence-electron chi connectivity index (χ3n) is 1.74. The highest BCUT2D eigenvalue weighted by molar-refractivity contribution is 9.10. The molecule has 0 aliphatic rings. The van der Waals surface area contributed by atoms with Gasteiger partial charge in [-0.25, -0.2) is 4.98 Å². The fraction of sp³-hybridized carbons (Fsp3) is 0. The van der Waals surface area contributed by atoms with Gasteiger partial charge in [0, 0.05) is 5.39 Å². The molecule has 4 heteroatoms. The number of nitrogens with zero attached hydrogens (tertiary/aromatic N) is 1. The first-order valence-corrected chi connectivity index (χ1v) is 4.79. The first kappa shape index (κ1) is 8.78. The average molecular weight is 259 g/mol. The van der Waals surface area contributed by atoms with Gasteiger partial charge in [0.2, 0.25) is 0 Å². The minimum absolute atomic E-state index is 0.162. The molecule has 0 aliphatic carbocycles. The molecule has 0 unspecified atom stereocenters. The van der Waals surface area contributed by atoms with Gasteiger partial charge in [-0.15, -0.1) is 0 Å². The summed E-state index contributed by atoms with van der Waals surface area (Å²) < 4.78 is 0.545. The summed E-state index contributed by atoms with van der Waals surface area (Å²) in [6, 6.07) is 6.95. The average Bonchev–Trinajstić information content (AvgIpc) is 2.09. The number of aromatic hydroxyl groups is 1. The van der Waals surface area contributed by atoms with Crippen LogP contribution in [0.25, 0.3) is 10.9 Å². The van der Waals surface area contributed by atoms with E-state index in [1.807, 2.05) is 6.07 Å². The van der Waals surface area contributed by atoms with Crippen LogP contribution in [0.15, 0.2) is 28.9 Å². The molecular weight excluding hydrogens is 253 g/mol. The van der Waals surface area contributed by atoms with Gasteiger partial charge in [0.05, 0.1) is 5.02 Å². The molecule has 0 amide bonds. The molecule has 0 radical (unpaired) electrons. The number of halogens is 2. The Bertz CT molecular complexity index is 472. The van der Waals surface area contributed by atoms with Crippen LogP contribution < -0.4 is 0 Å². The Morgan fingerprint density at radius 1 is 1.38 bits per heavy atom. The third-order valence-corrected chi connectivity index (χ3v) is 2.86. The van der Waals surface area contributed by atoms with Gasteiger partial charge in [0.1, 0.15) is 15.9 Å². The van der Waals surface area contributed by atoms with Crippen molar-refractivity contribution in [1.29, 1.82) is 0 Å². The summed E-state index contributed by atoms with van der Waals surface area (Å²) >= 11 is 9.05. The molecule has 0 saturated carbocycles. The molecule has 1 heterocycles. The SMILES string of the molecule is Oc1cccc2cc(Cl)c(Br)nc12. The van der Waals surface area contributed by atoms with Crippen molar-refractivity contribution in [2.45, 2.75) is 0 Å². The van der Waals surface area contributed by atoms with Crippen LogP contribution in [0.3, 0.4) is 0 Å². The quantitative estimate of drug-likeness (QED) is 0.735. The largest absolute Gasteiger partial charge is 0.506 e. The van der Waals surface area contributed by atoms with Crippen LogP contribution in [-0.2, 0) is 0 Å². The maximum atomic E-state index is 9.46. The number of rotatable bonds is 0. The summed E-state index contributed by atoms with van der Waals surface area (Å²) in [4.78, 5) is 4.11. The second-order valence-corrected chi connectivity index (χ2v) is 3.77. The zero-order chi connectivity index (χ0) is 9.42. The number of hydrogen-bond donors (Lipinski definition) is 1. The van der Waals surface area contributed by atoms with Crippen molar-refractivity contribution >= 4 is 38.4 Å². The first-order chi connectivity index (χ1) is 6.18. The smallest absolute Gasteiger partial charge is 0.141 e. The van der Waals surface area contributed by atoms with E-state index in [4.69, 9.17) is 11.6 Å². The standard InChI is InChI=1S/C9H5BrClNO/c10-9-6(11)4-5-2-1-3-7(13)8(5)12-9/h1-4,13H. The molecule has 0 aliphatic heterocycles. The van der Waals surface area contributed by atoms with E-state index in [1.54, 1.807) is 18.2 Å². The normalized spacial score (nSPS) is 10.6. The van der Waals surface area contributed by atoms with Crippen LogP contribution in [0.2, 0.25) is 5.02 Å². The predicted octanol–water partition coefficient (Wildman–Crippen LogP) is 3.36. The van der Waals surface area contributed by atoms with Crippen molar-refractivity contribution < 1.29 is 5.11 Å². The molecular formula is C9H5BrClNO. The van der Waals surface area contributed by atoms with Crippen molar-refractivity contribution in [3.63, 3.8) is 0 Å². The maximum Gasteiger partial charge on any atom is 0.141 e. The maximum absolute atomic E-state index is 9.46. The molecule has 0 saturated heterocycles. The van der Waals surface area contributed by atoms with Gasteiger partial charge in [-0.2, -0.15) is 0 Å². The van der Waals surface area contributed by atoms with Crippen molar-refractivity contribution in [2.24, 2.45) is 0 Å². The Balaban J connectivity index is 2.89. The Morgan fingerprint density at radius 2 is 2.15 bits per heavy atom. The van der Waals surface area contributed by atoms with E-state index in [0.717, 1.165) is 5.39 Å². The molecule has 0 fully saturated rings. The van der Waals surface area contributed by atoms with Gasteiger partial charge in [0.25, 0.3) is 0 Å². The number of benzene rings is 1. The van der Waals surface area contributed by atoms with Gasteiger partial charge in [-0.1, -0.05) is 23.7 Å². The van der Waals surface area contributed by atoms with E-state index in [-0.39, 0.29) is 5.75 Å². The molecule has 1 aromatic carbocycles. The molecule has 2 rings (SSSR count). The summed E-state index contributed by atoms with van der Waals surface area (Å²) in [7, 11) is 0. The van der Waals surface area contributed by atoms with Crippen molar-refractivity contribution in [3.05, 3.63) is 33.9 Å². The van der Waals surface area contributed by atoms with E-state index < -0.39 is 0 Å². The summed E-state index contributed by atoms with van der Waals surface area (Å²) in [6.07, 6.45) is 0. The number of phenolic OH excluding ortho intramolecular Hbond substituents is 1. The van der Waals surface area contributed by atoms with Crippen LogP contribution in [0.4, 0.5) is 0 Å². The van der Waals surface area contributed by atoms with E-state index >= 15 is 0 Å². The lowest BCUT2D eigenvalue weighted by Gasteiger charge is -2.01. The summed E-state index contributed by atoms with van der Waals surface area (Å²) in [5.41, 5.74) is 0.554. The van der Waals surface area contributed by atoms with Crippen LogP contribution >= 0.6 is 27.5 Å².